The van der Waals surface area contributed by atoms with Crippen LogP contribution in [0.3, 0.4) is 0 Å². The molecule has 0 spiro atoms. The van der Waals surface area contributed by atoms with Gasteiger partial charge >= 0.3 is 0 Å². The van der Waals surface area contributed by atoms with E-state index in [9.17, 15) is 0 Å². The Morgan fingerprint density at radius 1 is 0.344 bits per heavy atom. The maximum Gasteiger partial charge on any atom is 0.0702 e. The van der Waals surface area contributed by atoms with E-state index in [2.05, 4.69) is 94.9 Å². The molecule has 0 aliphatic carbocycles. The minimum absolute atomic E-state index is 1.02. The van der Waals surface area contributed by atoms with Crippen molar-refractivity contribution in [1.82, 2.24) is 9.97 Å². The van der Waals surface area contributed by atoms with Crippen LogP contribution in [-0.2, 0) is 0 Å². The maximum atomic E-state index is 4.36. The van der Waals surface area contributed by atoms with Crippen LogP contribution in [-0.4, -0.2) is 9.97 Å². The Hall–Kier alpha value is -4.30. The lowest BCUT2D eigenvalue weighted by molar-refractivity contribution is 1.33. The van der Waals surface area contributed by atoms with Crippen LogP contribution < -0.4 is 0 Å². The normalized spacial score (nSPS) is 10.5. The summed E-state index contributed by atoms with van der Waals surface area (Å²) in [5, 5.41) is 5.04. The van der Waals surface area contributed by atoms with Crippen molar-refractivity contribution in [1.29, 1.82) is 0 Å². The van der Waals surface area contributed by atoms with Crippen molar-refractivity contribution in [2.45, 2.75) is 0 Å². The molecule has 6 rings (SSSR count). The molecular formula is C30H22N2. The van der Waals surface area contributed by atoms with Crippen molar-refractivity contribution in [2.24, 2.45) is 0 Å². The van der Waals surface area contributed by atoms with Gasteiger partial charge in [0.25, 0.3) is 0 Å². The molecular weight excluding hydrogens is 388 g/mol. The summed E-state index contributed by atoms with van der Waals surface area (Å²) in [6.45, 7) is 0. The summed E-state index contributed by atoms with van der Waals surface area (Å²) < 4.78 is 0. The number of aromatic nitrogens is 2. The van der Waals surface area contributed by atoms with Gasteiger partial charge in [0, 0.05) is 23.5 Å². The fraction of sp³-hybridized carbons (Fsp3) is 0. The topological polar surface area (TPSA) is 25.8 Å². The number of hydrogen-bond donors (Lipinski definition) is 0. The Bertz CT molecular complexity index is 1340. The van der Waals surface area contributed by atoms with E-state index in [1.54, 1.807) is 0 Å². The molecule has 0 amide bonds. The highest BCUT2D eigenvalue weighted by Crippen LogP contribution is 2.23. The van der Waals surface area contributed by atoms with Crippen LogP contribution in [0.4, 0.5) is 0 Å². The highest BCUT2D eigenvalue weighted by molar-refractivity contribution is 5.87. The third-order valence-electron chi connectivity index (χ3n) is 5.42. The number of rotatable bonds is 2. The molecule has 0 fully saturated rings. The standard InChI is InChI=1S/2C15H11N/c2*1-2-6-13-11-14(9-8-12(13)5-1)15-7-3-4-10-16-15/h2*1-11H. The third-order valence-corrected chi connectivity index (χ3v) is 5.42. The molecule has 152 valence electrons. The molecule has 0 atom stereocenters. The average molecular weight is 411 g/mol. The van der Waals surface area contributed by atoms with Gasteiger partial charge in [0.2, 0.25) is 0 Å². The van der Waals surface area contributed by atoms with E-state index in [0.29, 0.717) is 0 Å². The van der Waals surface area contributed by atoms with Gasteiger partial charge in [0.05, 0.1) is 11.4 Å². The lowest BCUT2D eigenvalue weighted by Gasteiger charge is -2.02. The van der Waals surface area contributed by atoms with Gasteiger partial charge in [-0.3, -0.25) is 9.97 Å². The Balaban J connectivity index is 0.000000135. The molecule has 2 nitrogen and oxygen atoms in total. The molecule has 32 heavy (non-hydrogen) atoms. The summed E-state index contributed by atoms with van der Waals surface area (Å²) in [6.07, 6.45) is 3.65. The van der Waals surface area contributed by atoms with Crippen molar-refractivity contribution in [3.05, 3.63) is 134 Å². The monoisotopic (exact) mass is 410 g/mol. The number of benzene rings is 4. The zero-order valence-electron chi connectivity index (χ0n) is 17.6. The highest BCUT2D eigenvalue weighted by Gasteiger charge is 2.00. The summed E-state index contributed by atoms with van der Waals surface area (Å²) >= 11 is 0. The molecule has 4 aromatic carbocycles. The number of fused-ring (bicyclic) bond motifs is 2. The second-order valence-corrected chi connectivity index (χ2v) is 7.55. The average Bonchev–Trinajstić information content (AvgIpc) is 2.89. The van der Waals surface area contributed by atoms with E-state index in [1.807, 2.05) is 48.8 Å². The van der Waals surface area contributed by atoms with Crippen LogP contribution in [0.25, 0.3) is 44.1 Å². The van der Waals surface area contributed by atoms with Crippen LogP contribution >= 0.6 is 0 Å². The summed E-state index contributed by atoms with van der Waals surface area (Å²) in [7, 11) is 0. The first kappa shape index (κ1) is 19.7. The molecule has 0 unspecified atom stereocenters. The van der Waals surface area contributed by atoms with Crippen LogP contribution in [0.1, 0.15) is 0 Å². The van der Waals surface area contributed by atoms with Crippen molar-refractivity contribution in [3.63, 3.8) is 0 Å². The van der Waals surface area contributed by atoms with Crippen LogP contribution in [0.2, 0.25) is 0 Å². The van der Waals surface area contributed by atoms with E-state index >= 15 is 0 Å². The van der Waals surface area contributed by atoms with Crippen LogP contribution in [0, 0.1) is 0 Å². The molecule has 0 bridgehead atoms. The lowest BCUT2D eigenvalue weighted by atomic mass is 10.0. The highest BCUT2D eigenvalue weighted by atomic mass is 14.7. The summed E-state index contributed by atoms with van der Waals surface area (Å²) in [5.74, 6) is 0. The van der Waals surface area contributed by atoms with Crippen LogP contribution in [0.5, 0.6) is 0 Å². The van der Waals surface area contributed by atoms with Gasteiger partial charge in [-0.05, 0) is 57.9 Å². The first-order valence-electron chi connectivity index (χ1n) is 10.7. The maximum absolute atomic E-state index is 4.36. The molecule has 2 heterocycles. The quantitative estimate of drug-likeness (QED) is 0.291. The van der Waals surface area contributed by atoms with Crippen molar-refractivity contribution in [2.75, 3.05) is 0 Å². The first-order chi connectivity index (χ1) is 15.9. The van der Waals surface area contributed by atoms with Gasteiger partial charge in [-0.1, -0.05) is 84.9 Å². The first-order valence-corrected chi connectivity index (χ1v) is 10.7. The van der Waals surface area contributed by atoms with Gasteiger partial charge in [0.1, 0.15) is 0 Å². The molecule has 0 saturated carbocycles. The smallest absolute Gasteiger partial charge is 0.0702 e. The van der Waals surface area contributed by atoms with Gasteiger partial charge in [-0.15, -0.1) is 0 Å². The second kappa shape index (κ2) is 9.23. The van der Waals surface area contributed by atoms with E-state index < -0.39 is 0 Å². The minimum Gasteiger partial charge on any atom is -0.256 e. The molecule has 2 aromatic heterocycles. The van der Waals surface area contributed by atoms with E-state index in [-0.39, 0.29) is 0 Å². The molecule has 0 radical (unpaired) electrons. The third kappa shape index (κ3) is 4.40. The molecule has 0 aliphatic rings. The SMILES string of the molecule is c1ccc(-c2ccc3ccccc3c2)nc1.c1ccc(-c2ccc3ccccc3c2)nc1. The van der Waals surface area contributed by atoms with Gasteiger partial charge in [0.15, 0.2) is 0 Å². The Morgan fingerprint density at radius 2 is 0.750 bits per heavy atom. The molecule has 0 N–H and O–H groups in total. The fourth-order valence-corrected chi connectivity index (χ4v) is 3.76. The Kier molecular flexibility index (Phi) is 5.67. The predicted octanol–water partition coefficient (Wildman–Crippen LogP) is 7.80. The van der Waals surface area contributed by atoms with E-state index in [4.69, 9.17) is 0 Å². The Labute approximate surface area is 187 Å². The molecule has 0 saturated heterocycles. The van der Waals surface area contributed by atoms with Crippen molar-refractivity contribution in [3.8, 4) is 22.5 Å². The summed E-state index contributed by atoms with van der Waals surface area (Å²) in [4.78, 5) is 8.71. The lowest BCUT2D eigenvalue weighted by Crippen LogP contribution is -1.81. The number of pyridine rings is 2. The van der Waals surface area contributed by atoms with Crippen molar-refractivity contribution < 1.29 is 0 Å². The number of hydrogen-bond acceptors (Lipinski definition) is 2. The molecule has 2 heteroatoms. The Morgan fingerprint density at radius 3 is 1.16 bits per heavy atom. The summed E-state index contributed by atoms with van der Waals surface area (Å²) in [6, 6.07) is 41.6. The fourth-order valence-electron chi connectivity index (χ4n) is 3.76. The van der Waals surface area contributed by atoms with E-state index in [0.717, 1.165) is 11.4 Å². The number of nitrogens with zero attached hydrogens (tertiary/aromatic N) is 2. The summed E-state index contributed by atoms with van der Waals surface area (Å²) in [5.41, 5.74) is 4.38. The van der Waals surface area contributed by atoms with Gasteiger partial charge in [-0.2, -0.15) is 0 Å². The largest absolute Gasteiger partial charge is 0.256 e. The van der Waals surface area contributed by atoms with E-state index in [1.165, 1.54) is 32.7 Å². The molecule has 6 aromatic rings. The van der Waals surface area contributed by atoms with Crippen molar-refractivity contribution >= 4 is 21.5 Å². The zero-order valence-corrected chi connectivity index (χ0v) is 17.6. The second-order valence-electron chi connectivity index (χ2n) is 7.55. The van der Waals surface area contributed by atoms with Gasteiger partial charge in [-0.25, -0.2) is 0 Å². The zero-order chi connectivity index (χ0) is 21.6. The van der Waals surface area contributed by atoms with Gasteiger partial charge < -0.3 is 0 Å². The predicted molar refractivity (Wildman–Crippen MR) is 134 cm³/mol. The molecule has 0 aliphatic heterocycles. The van der Waals surface area contributed by atoms with Crippen LogP contribution in [0.15, 0.2) is 134 Å². The minimum atomic E-state index is 1.02.